The van der Waals surface area contributed by atoms with Crippen molar-refractivity contribution < 1.29 is 18.0 Å². The summed E-state index contributed by atoms with van der Waals surface area (Å²) in [5.74, 6) is 0.201. The summed E-state index contributed by atoms with van der Waals surface area (Å²) >= 11 is 0. The van der Waals surface area contributed by atoms with Gasteiger partial charge in [-0.1, -0.05) is 47.6 Å². The maximum Gasteiger partial charge on any atom is 0.238 e. The summed E-state index contributed by atoms with van der Waals surface area (Å²) in [6, 6.07) is 15.2. The Labute approximate surface area is 133 Å². The summed E-state index contributed by atoms with van der Waals surface area (Å²) in [6.45, 7) is -0.563. The van der Waals surface area contributed by atoms with Gasteiger partial charge >= 0.3 is 0 Å². The fourth-order valence-electron chi connectivity index (χ4n) is 2.32. The van der Waals surface area contributed by atoms with E-state index in [1.165, 1.54) is 12.1 Å². The first kappa shape index (κ1) is 15.4. The van der Waals surface area contributed by atoms with Crippen molar-refractivity contribution in [1.82, 2.24) is 5.16 Å². The molecule has 6 nitrogen and oxygen atoms in total. The normalized spacial score (nSPS) is 11.6. The predicted molar refractivity (Wildman–Crippen MR) is 83.1 cm³/mol. The molecule has 0 aliphatic rings. The zero-order valence-corrected chi connectivity index (χ0v) is 12.8. The van der Waals surface area contributed by atoms with Gasteiger partial charge in [0, 0.05) is 5.56 Å². The molecule has 3 rings (SSSR count). The van der Waals surface area contributed by atoms with Crippen molar-refractivity contribution in [2.45, 2.75) is 11.5 Å². The van der Waals surface area contributed by atoms with Crippen molar-refractivity contribution in [2.24, 2.45) is 5.14 Å². The quantitative estimate of drug-likeness (QED) is 0.794. The minimum atomic E-state index is -3.77. The Bertz CT molecular complexity index is 916. The minimum Gasteiger partial charge on any atom is -0.357 e. The monoisotopic (exact) mass is 329 g/mol. The molecular weight excluding hydrogens is 316 g/mol. The highest BCUT2D eigenvalue weighted by molar-refractivity contribution is 7.89. The molecule has 0 saturated heterocycles. The zero-order chi connectivity index (χ0) is 16.4. The summed E-state index contributed by atoms with van der Waals surface area (Å²) in [6.07, 6.45) is 0. The third kappa shape index (κ3) is 3.02. The molecule has 0 aliphatic heterocycles. The van der Waals surface area contributed by atoms with Crippen LogP contribution in [0.3, 0.4) is 0 Å². The first-order valence-corrected chi connectivity index (χ1v) is 8.30. The molecule has 117 valence electrons. The molecule has 0 bridgehead atoms. The van der Waals surface area contributed by atoms with Crippen LogP contribution in [0.1, 0.15) is 5.76 Å². The van der Waals surface area contributed by atoms with E-state index in [0.29, 0.717) is 16.8 Å². The van der Waals surface area contributed by atoms with Crippen LogP contribution < -0.4 is 5.14 Å². The molecule has 0 amide bonds. The third-order valence-corrected chi connectivity index (χ3v) is 4.34. The molecule has 0 fully saturated rings. The molecule has 0 unspecified atom stereocenters. The van der Waals surface area contributed by atoms with Gasteiger partial charge in [0.05, 0.1) is 10.5 Å². The molecule has 1 aromatic heterocycles. The number of nitrogens with zero attached hydrogens (tertiary/aromatic N) is 1. The van der Waals surface area contributed by atoms with Gasteiger partial charge in [0.25, 0.3) is 0 Å². The number of aromatic nitrogens is 1. The largest absolute Gasteiger partial charge is 0.357 e. The van der Waals surface area contributed by atoms with Gasteiger partial charge in [-0.05, 0) is 17.7 Å². The van der Waals surface area contributed by atoms with Gasteiger partial charge in [0.1, 0.15) is 12.3 Å². The predicted octanol–water partition coefficient (Wildman–Crippen LogP) is 2.59. The number of hydrogen-bond acceptors (Lipinski definition) is 4. The Morgan fingerprint density at radius 1 is 0.957 bits per heavy atom. The second kappa shape index (κ2) is 5.96. The molecule has 23 heavy (non-hydrogen) atoms. The van der Waals surface area contributed by atoms with Crippen LogP contribution in [0, 0.1) is 0 Å². The van der Waals surface area contributed by atoms with E-state index in [9.17, 15) is 13.5 Å². The fraction of sp³-hybridized carbons (Fsp3) is 0.0625. The Morgan fingerprint density at radius 3 is 2.17 bits per heavy atom. The lowest BCUT2D eigenvalue weighted by atomic mass is 9.99. The molecule has 1 heterocycles. The molecule has 3 aromatic rings. The second-order valence-electron chi connectivity index (χ2n) is 4.91. The minimum absolute atomic E-state index is 0.00244. The van der Waals surface area contributed by atoms with Crippen LogP contribution in [0.2, 0.25) is 0 Å². The van der Waals surface area contributed by atoms with Crippen molar-refractivity contribution >= 4 is 10.0 Å². The fourth-order valence-corrected chi connectivity index (χ4v) is 2.84. The zero-order valence-electron chi connectivity index (χ0n) is 12.0. The molecule has 7 heteroatoms. The van der Waals surface area contributed by atoms with Crippen LogP contribution in [0.15, 0.2) is 64.0 Å². The molecule has 0 spiro atoms. The van der Waals surface area contributed by atoms with E-state index >= 15 is 0 Å². The van der Waals surface area contributed by atoms with Crippen LogP contribution in [0.25, 0.3) is 22.4 Å². The molecule has 0 aliphatic carbocycles. The van der Waals surface area contributed by atoms with Gasteiger partial charge in [-0.15, -0.1) is 0 Å². The van der Waals surface area contributed by atoms with Crippen LogP contribution in [-0.4, -0.2) is 13.6 Å². The van der Waals surface area contributed by atoms with Crippen molar-refractivity contribution in [3.63, 3.8) is 0 Å². The van der Waals surface area contributed by atoms with E-state index in [1.807, 2.05) is 30.3 Å². The summed E-state index contributed by atoms with van der Waals surface area (Å²) in [5.41, 5.74) is 2.55. The van der Waals surface area contributed by atoms with Gasteiger partial charge in [-0.25, -0.2) is 18.7 Å². The molecular formula is C16H13N2O4S. The van der Waals surface area contributed by atoms with Gasteiger partial charge < -0.3 is 4.52 Å². The number of benzene rings is 2. The number of sulfonamides is 1. The highest BCUT2D eigenvalue weighted by atomic mass is 32.2. The summed E-state index contributed by atoms with van der Waals surface area (Å²) in [4.78, 5) is 0.00244. The van der Waals surface area contributed by atoms with Gasteiger partial charge in [0.2, 0.25) is 10.0 Å². The Balaban J connectivity index is 2.14. The maximum absolute atomic E-state index is 11.3. The van der Waals surface area contributed by atoms with Gasteiger partial charge in [-0.2, -0.15) is 0 Å². The lowest BCUT2D eigenvalue weighted by Crippen LogP contribution is -2.11. The van der Waals surface area contributed by atoms with Crippen LogP contribution >= 0.6 is 0 Å². The molecule has 2 N–H and O–H groups in total. The number of hydrogen-bond donors (Lipinski definition) is 1. The van der Waals surface area contributed by atoms with E-state index in [2.05, 4.69) is 5.16 Å². The number of primary sulfonamides is 1. The molecule has 0 atom stereocenters. The number of rotatable bonds is 4. The number of nitrogens with two attached hydrogens (primary N) is 1. The lowest BCUT2D eigenvalue weighted by Gasteiger charge is -2.05. The van der Waals surface area contributed by atoms with E-state index < -0.39 is 16.6 Å². The summed E-state index contributed by atoms with van der Waals surface area (Å²) < 4.78 is 27.8. The van der Waals surface area contributed by atoms with Crippen LogP contribution in [-0.2, 0) is 21.7 Å². The smallest absolute Gasteiger partial charge is 0.238 e. The lowest BCUT2D eigenvalue weighted by molar-refractivity contribution is 0.147. The van der Waals surface area contributed by atoms with E-state index in [-0.39, 0.29) is 10.7 Å². The highest BCUT2D eigenvalue weighted by Gasteiger charge is 2.19. The van der Waals surface area contributed by atoms with Crippen molar-refractivity contribution in [1.29, 1.82) is 0 Å². The average molecular weight is 329 g/mol. The molecule has 2 aromatic carbocycles. The summed E-state index contributed by atoms with van der Waals surface area (Å²) in [7, 11) is -3.77. The van der Waals surface area contributed by atoms with Crippen LogP contribution in [0.4, 0.5) is 0 Å². The van der Waals surface area contributed by atoms with Crippen molar-refractivity contribution in [3.8, 4) is 22.4 Å². The maximum atomic E-state index is 11.3. The first-order valence-electron chi connectivity index (χ1n) is 6.76. The first-order chi connectivity index (χ1) is 11.0. The van der Waals surface area contributed by atoms with Gasteiger partial charge in [0.15, 0.2) is 5.76 Å². The van der Waals surface area contributed by atoms with Crippen molar-refractivity contribution in [3.05, 3.63) is 60.4 Å². The second-order valence-corrected chi connectivity index (χ2v) is 6.47. The Kier molecular flexibility index (Phi) is 3.99. The summed E-state index contributed by atoms with van der Waals surface area (Å²) in [5, 5.41) is 20.4. The van der Waals surface area contributed by atoms with E-state index in [4.69, 9.17) is 9.66 Å². The Hall–Kier alpha value is -2.48. The molecule has 1 radical (unpaired) electrons. The SMILES string of the molecule is NS(=O)(=O)c1ccc(-c2c(-c3ccccc3)noc2C[O])cc1. The average Bonchev–Trinajstić information content (AvgIpc) is 2.99. The third-order valence-electron chi connectivity index (χ3n) is 3.41. The van der Waals surface area contributed by atoms with Crippen molar-refractivity contribution in [2.75, 3.05) is 0 Å². The Morgan fingerprint density at radius 2 is 1.61 bits per heavy atom. The van der Waals surface area contributed by atoms with Gasteiger partial charge in [-0.3, -0.25) is 0 Å². The van der Waals surface area contributed by atoms with E-state index in [1.54, 1.807) is 12.1 Å². The van der Waals surface area contributed by atoms with E-state index in [0.717, 1.165) is 5.56 Å². The highest BCUT2D eigenvalue weighted by Crippen LogP contribution is 2.35. The molecule has 0 saturated carbocycles. The topological polar surface area (TPSA) is 106 Å². The van der Waals surface area contributed by atoms with Crippen LogP contribution in [0.5, 0.6) is 0 Å². The standard InChI is InChI=1S/C16H13N2O4S/c17-23(20,21)13-8-6-11(7-9-13)15-14(10-19)22-18-16(15)12-4-2-1-3-5-12/h1-9H,10H2,(H2,17,20,21).